The maximum Gasteiger partial charge on any atom is 0.258 e. The molecule has 4 nitrogen and oxygen atoms in total. The number of hydrogen-bond donors (Lipinski definition) is 1. The van der Waals surface area contributed by atoms with Gasteiger partial charge < -0.3 is 10.1 Å². The summed E-state index contributed by atoms with van der Waals surface area (Å²) < 4.78 is 5.45. The summed E-state index contributed by atoms with van der Waals surface area (Å²) in [5, 5.41) is 12.0. The molecule has 21 heavy (non-hydrogen) atoms. The number of hydrogen-bond acceptors (Lipinski definition) is 3. The second-order valence-corrected chi connectivity index (χ2v) is 6.42. The van der Waals surface area contributed by atoms with Gasteiger partial charge in [0.05, 0.1) is 5.56 Å². The van der Waals surface area contributed by atoms with Crippen molar-refractivity contribution in [3.63, 3.8) is 0 Å². The molecule has 0 heterocycles. The highest BCUT2D eigenvalue weighted by molar-refractivity contribution is 5.78. The molecule has 0 bridgehead atoms. The summed E-state index contributed by atoms with van der Waals surface area (Å²) >= 11 is 0. The van der Waals surface area contributed by atoms with Crippen LogP contribution in [0.1, 0.15) is 45.1 Å². The minimum atomic E-state index is -0.120. The molecule has 1 aliphatic carbocycles. The van der Waals surface area contributed by atoms with Crippen LogP contribution in [0.3, 0.4) is 0 Å². The maximum atomic E-state index is 12.0. The van der Waals surface area contributed by atoms with Crippen LogP contribution in [0.4, 0.5) is 0 Å². The van der Waals surface area contributed by atoms with Gasteiger partial charge in [-0.25, -0.2) is 0 Å². The molecule has 4 heteroatoms. The zero-order valence-corrected chi connectivity index (χ0v) is 12.7. The van der Waals surface area contributed by atoms with Crippen LogP contribution in [0.2, 0.25) is 0 Å². The molecule has 0 saturated heterocycles. The number of nitrogens with zero attached hydrogens (tertiary/aromatic N) is 1. The minimum Gasteiger partial charge on any atom is -0.482 e. The highest BCUT2D eigenvalue weighted by atomic mass is 16.5. The summed E-state index contributed by atoms with van der Waals surface area (Å²) in [5.41, 5.74) is 0.744. The Hall–Kier alpha value is -2.02. The highest BCUT2D eigenvalue weighted by Gasteiger charge is 2.28. The Balaban J connectivity index is 1.84. The first-order valence-electron chi connectivity index (χ1n) is 7.41. The van der Waals surface area contributed by atoms with Gasteiger partial charge in [-0.05, 0) is 36.8 Å². The molecule has 1 fully saturated rings. The number of amides is 1. The number of nitriles is 1. The van der Waals surface area contributed by atoms with E-state index in [1.807, 2.05) is 0 Å². The van der Waals surface area contributed by atoms with Crippen molar-refractivity contribution in [3.8, 4) is 11.8 Å². The standard InChI is InChI=1S/C17H22N2O2/c1-17(2)9-5-7-14(10-17)19-16(20)12-21-15-8-4-3-6-13(15)11-18/h3-4,6,8,14H,5,7,9-10,12H2,1-2H3,(H,19,20). The van der Waals surface area contributed by atoms with E-state index in [-0.39, 0.29) is 18.6 Å². The molecule has 1 atom stereocenters. The van der Waals surface area contributed by atoms with Crippen LogP contribution in [0, 0.1) is 16.7 Å². The van der Waals surface area contributed by atoms with Gasteiger partial charge in [-0.15, -0.1) is 0 Å². The molecule has 1 aromatic rings. The second-order valence-electron chi connectivity index (χ2n) is 6.42. The lowest BCUT2D eigenvalue weighted by atomic mass is 9.75. The van der Waals surface area contributed by atoms with Gasteiger partial charge in [-0.1, -0.05) is 32.4 Å². The molecule has 0 aromatic heterocycles. The third kappa shape index (κ3) is 4.49. The lowest BCUT2D eigenvalue weighted by Gasteiger charge is -2.35. The molecule has 1 aromatic carbocycles. The van der Waals surface area contributed by atoms with Crippen LogP contribution < -0.4 is 10.1 Å². The Morgan fingerprint density at radius 1 is 1.48 bits per heavy atom. The summed E-state index contributed by atoms with van der Waals surface area (Å²) in [6, 6.07) is 9.23. The topological polar surface area (TPSA) is 62.1 Å². The highest BCUT2D eigenvalue weighted by Crippen LogP contribution is 2.35. The zero-order valence-electron chi connectivity index (χ0n) is 12.7. The number of nitrogens with one attached hydrogen (secondary N) is 1. The molecular formula is C17H22N2O2. The predicted molar refractivity (Wildman–Crippen MR) is 80.8 cm³/mol. The smallest absolute Gasteiger partial charge is 0.258 e. The molecule has 1 N–H and O–H groups in total. The van der Waals surface area contributed by atoms with E-state index >= 15 is 0 Å². The van der Waals surface area contributed by atoms with Gasteiger partial charge in [0.15, 0.2) is 6.61 Å². The SMILES string of the molecule is CC1(C)CCCC(NC(=O)COc2ccccc2C#N)C1. The van der Waals surface area contributed by atoms with Crippen molar-refractivity contribution in [2.75, 3.05) is 6.61 Å². The summed E-state index contributed by atoms with van der Waals surface area (Å²) in [4.78, 5) is 12.0. The third-order valence-electron chi connectivity index (χ3n) is 3.94. The van der Waals surface area contributed by atoms with E-state index in [9.17, 15) is 4.79 Å². The van der Waals surface area contributed by atoms with Crippen molar-refractivity contribution < 1.29 is 9.53 Å². The zero-order chi connectivity index (χ0) is 15.3. The van der Waals surface area contributed by atoms with Gasteiger partial charge in [0, 0.05) is 6.04 Å². The molecule has 1 saturated carbocycles. The van der Waals surface area contributed by atoms with E-state index in [1.165, 1.54) is 6.42 Å². The molecule has 1 aliphatic rings. The van der Waals surface area contributed by atoms with Crippen molar-refractivity contribution in [1.82, 2.24) is 5.32 Å². The average Bonchev–Trinajstić information content (AvgIpc) is 2.44. The van der Waals surface area contributed by atoms with Gasteiger partial charge in [0.2, 0.25) is 0 Å². The van der Waals surface area contributed by atoms with Crippen LogP contribution in [-0.2, 0) is 4.79 Å². The fraction of sp³-hybridized carbons (Fsp3) is 0.529. The largest absolute Gasteiger partial charge is 0.482 e. The first-order valence-corrected chi connectivity index (χ1v) is 7.41. The fourth-order valence-electron chi connectivity index (χ4n) is 2.92. The van der Waals surface area contributed by atoms with E-state index in [1.54, 1.807) is 24.3 Å². The van der Waals surface area contributed by atoms with E-state index in [4.69, 9.17) is 10.00 Å². The lowest BCUT2D eigenvalue weighted by molar-refractivity contribution is -0.124. The third-order valence-corrected chi connectivity index (χ3v) is 3.94. The Morgan fingerprint density at radius 3 is 2.95 bits per heavy atom. The second kappa shape index (κ2) is 6.62. The van der Waals surface area contributed by atoms with Gasteiger partial charge in [0.25, 0.3) is 5.91 Å². The monoisotopic (exact) mass is 286 g/mol. The maximum absolute atomic E-state index is 12.0. The normalized spacial score (nSPS) is 20.3. The Morgan fingerprint density at radius 2 is 2.24 bits per heavy atom. The van der Waals surface area contributed by atoms with Crippen LogP contribution in [0.5, 0.6) is 5.75 Å². The fourth-order valence-corrected chi connectivity index (χ4v) is 2.92. The van der Waals surface area contributed by atoms with Gasteiger partial charge >= 0.3 is 0 Å². The summed E-state index contributed by atoms with van der Waals surface area (Å²) in [7, 11) is 0. The first-order chi connectivity index (χ1) is 10.00. The summed E-state index contributed by atoms with van der Waals surface area (Å²) in [6.45, 7) is 4.44. The van der Waals surface area contributed by atoms with Crippen molar-refractivity contribution in [3.05, 3.63) is 29.8 Å². The van der Waals surface area contributed by atoms with Crippen molar-refractivity contribution in [2.45, 2.75) is 45.6 Å². The van der Waals surface area contributed by atoms with Gasteiger partial charge in [-0.3, -0.25) is 4.79 Å². The molecule has 1 amide bonds. The molecule has 0 spiro atoms. The molecule has 0 radical (unpaired) electrons. The number of para-hydroxylation sites is 1. The van der Waals surface area contributed by atoms with E-state index < -0.39 is 0 Å². The van der Waals surface area contributed by atoms with Crippen LogP contribution in [0.15, 0.2) is 24.3 Å². The number of benzene rings is 1. The molecular weight excluding hydrogens is 264 g/mol. The predicted octanol–water partition coefficient (Wildman–Crippen LogP) is 3.02. The number of carbonyl (C=O) groups is 1. The first kappa shape index (κ1) is 15.4. The molecule has 0 aliphatic heterocycles. The quantitative estimate of drug-likeness (QED) is 0.925. The molecule has 1 unspecified atom stereocenters. The Kier molecular flexibility index (Phi) is 4.85. The molecule has 112 valence electrons. The number of rotatable bonds is 4. The van der Waals surface area contributed by atoms with E-state index in [0.717, 1.165) is 19.3 Å². The minimum absolute atomic E-state index is 0.0460. The van der Waals surface area contributed by atoms with E-state index in [0.29, 0.717) is 16.7 Å². The average molecular weight is 286 g/mol. The summed E-state index contributed by atoms with van der Waals surface area (Å²) in [5.74, 6) is 0.338. The summed E-state index contributed by atoms with van der Waals surface area (Å²) in [6.07, 6.45) is 4.40. The number of carbonyl (C=O) groups excluding carboxylic acids is 1. The van der Waals surface area contributed by atoms with Crippen molar-refractivity contribution >= 4 is 5.91 Å². The van der Waals surface area contributed by atoms with Gasteiger partial charge in [-0.2, -0.15) is 5.26 Å². The Labute approximate surface area is 126 Å². The number of ether oxygens (including phenoxy) is 1. The lowest BCUT2D eigenvalue weighted by Crippen LogP contribution is -2.42. The van der Waals surface area contributed by atoms with Crippen LogP contribution in [-0.4, -0.2) is 18.6 Å². The van der Waals surface area contributed by atoms with Crippen LogP contribution in [0.25, 0.3) is 0 Å². The van der Waals surface area contributed by atoms with E-state index in [2.05, 4.69) is 25.2 Å². The Bertz CT molecular complexity index is 546. The molecule has 2 rings (SSSR count). The van der Waals surface area contributed by atoms with Crippen molar-refractivity contribution in [2.24, 2.45) is 5.41 Å². The van der Waals surface area contributed by atoms with Crippen molar-refractivity contribution in [1.29, 1.82) is 5.26 Å². The van der Waals surface area contributed by atoms with Gasteiger partial charge in [0.1, 0.15) is 11.8 Å². The van der Waals surface area contributed by atoms with Crippen LogP contribution >= 0.6 is 0 Å².